The van der Waals surface area contributed by atoms with Crippen LogP contribution in [0.4, 0.5) is 0 Å². The summed E-state index contributed by atoms with van der Waals surface area (Å²) in [6.45, 7) is 3.36. The third-order valence-electron chi connectivity index (χ3n) is 3.28. The first kappa shape index (κ1) is 16.7. The van der Waals surface area contributed by atoms with E-state index in [4.69, 9.17) is 5.11 Å². The summed E-state index contributed by atoms with van der Waals surface area (Å²) in [4.78, 5) is 22.8. The van der Waals surface area contributed by atoms with Gasteiger partial charge in [-0.2, -0.15) is 0 Å². The van der Waals surface area contributed by atoms with Gasteiger partial charge >= 0.3 is 5.97 Å². The SMILES string of the molecule is C=CCC(C(=O)O)C(=O)NS(=O)(=O)c1ccc2ccccc2c1. The molecule has 0 aliphatic carbocycles. The van der Waals surface area contributed by atoms with Crippen LogP contribution in [0.1, 0.15) is 6.42 Å². The molecule has 1 unspecified atom stereocenters. The zero-order valence-electron chi connectivity index (χ0n) is 12.1. The van der Waals surface area contributed by atoms with Gasteiger partial charge < -0.3 is 5.11 Å². The minimum absolute atomic E-state index is 0.104. The number of carboxylic acids is 1. The van der Waals surface area contributed by atoms with E-state index in [0.29, 0.717) is 5.39 Å². The second-order valence-electron chi connectivity index (χ2n) is 4.89. The van der Waals surface area contributed by atoms with E-state index in [-0.39, 0.29) is 11.3 Å². The summed E-state index contributed by atoms with van der Waals surface area (Å²) in [7, 11) is -4.14. The van der Waals surface area contributed by atoms with Crippen LogP contribution in [0.5, 0.6) is 0 Å². The van der Waals surface area contributed by atoms with E-state index in [0.717, 1.165) is 5.39 Å². The van der Waals surface area contributed by atoms with Crippen molar-refractivity contribution in [3.05, 3.63) is 55.1 Å². The second kappa shape index (κ2) is 6.62. The lowest BCUT2D eigenvalue weighted by Gasteiger charge is -2.12. The highest BCUT2D eigenvalue weighted by molar-refractivity contribution is 7.90. The molecule has 0 aliphatic heterocycles. The molecule has 7 heteroatoms. The average molecular weight is 333 g/mol. The molecule has 0 bridgehead atoms. The number of fused-ring (bicyclic) bond motifs is 1. The van der Waals surface area contributed by atoms with Gasteiger partial charge in [-0.15, -0.1) is 6.58 Å². The smallest absolute Gasteiger partial charge is 0.316 e. The van der Waals surface area contributed by atoms with Crippen molar-refractivity contribution in [1.82, 2.24) is 4.72 Å². The fourth-order valence-electron chi connectivity index (χ4n) is 2.08. The maximum atomic E-state index is 12.3. The van der Waals surface area contributed by atoms with Crippen LogP contribution in [0.15, 0.2) is 60.0 Å². The van der Waals surface area contributed by atoms with Crippen LogP contribution in [-0.2, 0) is 19.6 Å². The molecule has 0 radical (unpaired) electrons. The van der Waals surface area contributed by atoms with Gasteiger partial charge in [-0.3, -0.25) is 9.59 Å². The van der Waals surface area contributed by atoms with Crippen LogP contribution in [0.25, 0.3) is 10.8 Å². The fourth-order valence-corrected chi connectivity index (χ4v) is 3.14. The normalized spacial score (nSPS) is 12.5. The number of hydrogen-bond donors (Lipinski definition) is 2. The molecule has 120 valence electrons. The molecule has 2 rings (SSSR count). The third kappa shape index (κ3) is 3.75. The predicted octanol–water partition coefficient (Wildman–Crippen LogP) is 1.92. The number of sulfonamides is 1. The lowest BCUT2D eigenvalue weighted by Crippen LogP contribution is -2.38. The minimum Gasteiger partial charge on any atom is -0.481 e. The van der Waals surface area contributed by atoms with Gasteiger partial charge in [0, 0.05) is 0 Å². The van der Waals surface area contributed by atoms with E-state index in [9.17, 15) is 18.0 Å². The van der Waals surface area contributed by atoms with E-state index in [1.165, 1.54) is 18.2 Å². The summed E-state index contributed by atoms with van der Waals surface area (Å²) in [5.41, 5.74) is 0. The van der Waals surface area contributed by atoms with Crippen molar-refractivity contribution in [3.63, 3.8) is 0 Å². The lowest BCUT2D eigenvalue weighted by atomic mass is 10.1. The molecule has 2 aromatic rings. The molecule has 0 heterocycles. The van der Waals surface area contributed by atoms with Gasteiger partial charge in [0.05, 0.1) is 4.90 Å². The molecule has 0 saturated carbocycles. The van der Waals surface area contributed by atoms with Crippen LogP contribution in [-0.4, -0.2) is 25.4 Å². The first-order valence-corrected chi connectivity index (χ1v) is 8.22. The van der Waals surface area contributed by atoms with Crippen molar-refractivity contribution in [2.75, 3.05) is 0 Å². The Kier molecular flexibility index (Phi) is 4.80. The van der Waals surface area contributed by atoms with Gasteiger partial charge in [0.2, 0.25) is 5.91 Å². The summed E-state index contributed by atoms with van der Waals surface area (Å²) in [5.74, 6) is -4.00. The average Bonchev–Trinajstić information content (AvgIpc) is 2.51. The van der Waals surface area contributed by atoms with Crippen molar-refractivity contribution in [3.8, 4) is 0 Å². The van der Waals surface area contributed by atoms with E-state index in [1.54, 1.807) is 18.2 Å². The van der Waals surface area contributed by atoms with Crippen LogP contribution >= 0.6 is 0 Å². The number of carbonyl (C=O) groups is 2. The quantitative estimate of drug-likeness (QED) is 0.621. The van der Waals surface area contributed by atoms with Gasteiger partial charge in [-0.05, 0) is 29.3 Å². The van der Waals surface area contributed by atoms with Crippen molar-refractivity contribution in [2.24, 2.45) is 5.92 Å². The Labute approximate surface area is 133 Å². The predicted molar refractivity (Wildman–Crippen MR) is 85.2 cm³/mol. The molecule has 0 spiro atoms. The molecule has 0 aliphatic rings. The van der Waals surface area contributed by atoms with Crippen molar-refractivity contribution < 1.29 is 23.1 Å². The first-order chi connectivity index (χ1) is 10.8. The van der Waals surface area contributed by atoms with E-state index < -0.39 is 27.8 Å². The highest BCUT2D eigenvalue weighted by Gasteiger charge is 2.29. The Morgan fingerprint density at radius 3 is 2.43 bits per heavy atom. The van der Waals surface area contributed by atoms with Gasteiger partial charge in [-0.25, -0.2) is 13.1 Å². The molecule has 6 nitrogen and oxygen atoms in total. The van der Waals surface area contributed by atoms with Crippen LogP contribution in [0.2, 0.25) is 0 Å². The summed E-state index contributed by atoms with van der Waals surface area (Å²) in [6, 6.07) is 11.6. The van der Waals surface area contributed by atoms with E-state index >= 15 is 0 Å². The number of hydrogen-bond acceptors (Lipinski definition) is 4. The third-order valence-corrected chi connectivity index (χ3v) is 4.63. The molecular weight excluding hydrogens is 318 g/mol. The zero-order valence-corrected chi connectivity index (χ0v) is 12.9. The number of amides is 1. The monoisotopic (exact) mass is 333 g/mol. The highest BCUT2D eigenvalue weighted by Crippen LogP contribution is 2.19. The maximum Gasteiger partial charge on any atom is 0.316 e. The Morgan fingerprint density at radius 2 is 1.83 bits per heavy atom. The minimum atomic E-state index is -4.14. The van der Waals surface area contributed by atoms with Crippen molar-refractivity contribution in [2.45, 2.75) is 11.3 Å². The number of benzene rings is 2. The highest BCUT2D eigenvalue weighted by atomic mass is 32.2. The molecule has 0 saturated heterocycles. The first-order valence-electron chi connectivity index (χ1n) is 6.74. The summed E-state index contributed by atoms with van der Waals surface area (Å²) >= 11 is 0. The number of carbonyl (C=O) groups excluding carboxylic acids is 1. The zero-order chi connectivity index (χ0) is 17.0. The molecule has 2 aromatic carbocycles. The largest absolute Gasteiger partial charge is 0.481 e. The number of allylic oxidation sites excluding steroid dienone is 1. The van der Waals surface area contributed by atoms with Gasteiger partial charge in [0.1, 0.15) is 5.92 Å². The number of carboxylic acid groups (broad SMARTS) is 1. The Morgan fingerprint density at radius 1 is 1.17 bits per heavy atom. The summed E-state index contributed by atoms with van der Waals surface area (Å²) in [6.07, 6.45) is 1.09. The van der Waals surface area contributed by atoms with Crippen molar-refractivity contribution >= 4 is 32.7 Å². The topological polar surface area (TPSA) is 101 Å². The molecule has 0 aromatic heterocycles. The van der Waals surface area contributed by atoms with E-state index in [1.807, 2.05) is 16.9 Å². The summed E-state index contributed by atoms with van der Waals surface area (Å²) in [5, 5.41) is 10.5. The molecule has 1 amide bonds. The number of nitrogens with one attached hydrogen (secondary N) is 1. The van der Waals surface area contributed by atoms with Gasteiger partial charge in [0.25, 0.3) is 10.0 Å². The van der Waals surface area contributed by atoms with Gasteiger partial charge in [0.15, 0.2) is 0 Å². The molecule has 23 heavy (non-hydrogen) atoms. The number of aliphatic carboxylic acids is 1. The fraction of sp³-hybridized carbons (Fsp3) is 0.125. The maximum absolute atomic E-state index is 12.3. The molecule has 1 atom stereocenters. The van der Waals surface area contributed by atoms with Crippen molar-refractivity contribution in [1.29, 1.82) is 0 Å². The Balaban J connectivity index is 2.31. The standard InChI is InChI=1S/C16H15NO5S/c1-2-5-14(16(19)20)15(18)17-23(21,22)13-9-8-11-6-3-4-7-12(11)10-13/h2-4,6-10,14H,1,5H2,(H,17,18)(H,19,20). The molecular formula is C16H15NO5S. The summed E-state index contributed by atoms with van der Waals surface area (Å²) < 4.78 is 26.3. The van der Waals surface area contributed by atoms with Crippen LogP contribution in [0, 0.1) is 5.92 Å². The lowest BCUT2D eigenvalue weighted by molar-refractivity contribution is -0.146. The van der Waals surface area contributed by atoms with Gasteiger partial charge in [-0.1, -0.05) is 36.4 Å². The Hall–Kier alpha value is -2.67. The number of rotatable bonds is 6. The molecule has 0 fully saturated rings. The van der Waals surface area contributed by atoms with Crippen LogP contribution in [0.3, 0.4) is 0 Å². The Bertz CT molecular complexity index is 873. The van der Waals surface area contributed by atoms with Crippen LogP contribution < -0.4 is 4.72 Å². The van der Waals surface area contributed by atoms with E-state index in [2.05, 4.69) is 6.58 Å². The molecule has 2 N–H and O–H groups in total. The second-order valence-corrected chi connectivity index (χ2v) is 6.58.